The molecular weight excluding hydrogens is 350 g/mol. The number of ether oxygens (including phenoxy) is 1. The van der Waals surface area contributed by atoms with Gasteiger partial charge in [-0.3, -0.25) is 4.98 Å². The van der Waals surface area contributed by atoms with Gasteiger partial charge in [-0.1, -0.05) is 15.9 Å². The summed E-state index contributed by atoms with van der Waals surface area (Å²) < 4.78 is 6.65. The molecule has 0 spiro atoms. The van der Waals surface area contributed by atoms with Gasteiger partial charge in [0.25, 0.3) is 0 Å². The molecule has 0 saturated heterocycles. The van der Waals surface area contributed by atoms with Crippen LogP contribution in [-0.4, -0.2) is 21.9 Å². The second kappa shape index (κ2) is 7.82. The largest absolute Gasteiger partial charge is 0.489 e. The van der Waals surface area contributed by atoms with Crippen LogP contribution in [0.1, 0.15) is 25.5 Å². The Labute approximate surface area is 137 Å². The van der Waals surface area contributed by atoms with Gasteiger partial charge in [0.05, 0.1) is 18.4 Å². The Morgan fingerprint density at radius 2 is 1.95 bits per heavy atom. The summed E-state index contributed by atoms with van der Waals surface area (Å²) in [5.41, 5.74) is 0.776. The average Bonchev–Trinajstić information content (AvgIpc) is 2.46. The first kappa shape index (κ1) is 16.3. The fraction of sp³-hybridized carbons (Fsp3) is 0.312. The van der Waals surface area contributed by atoms with E-state index in [-0.39, 0.29) is 6.10 Å². The van der Waals surface area contributed by atoms with E-state index in [0.29, 0.717) is 11.5 Å². The minimum atomic E-state index is -0.568. The van der Waals surface area contributed by atoms with Crippen molar-refractivity contribution in [2.45, 2.75) is 31.0 Å². The molecule has 2 rings (SSSR count). The SMILES string of the molecule is CC(C)Oc1cncc(C(O)CSc2ccc(Br)cc2)c1. The molecule has 1 atom stereocenters. The van der Waals surface area contributed by atoms with Crippen molar-refractivity contribution in [2.75, 3.05) is 5.75 Å². The smallest absolute Gasteiger partial charge is 0.138 e. The third-order valence-electron chi connectivity index (χ3n) is 2.71. The summed E-state index contributed by atoms with van der Waals surface area (Å²) in [6, 6.07) is 9.89. The van der Waals surface area contributed by atoms with E-state index in [1.807, 2.05) is 44.2 Å². The summed E-state index contributed by atoms with van der Waals surface area (Å²) in [6.45, 7) is 3.93. The van der Waals surface area contributed by atoms with Crippen LogP contribution in [0.15, 0.2) is 52.1 Å². The maximum absolute atomic E-state index is 10.3. The maximum atomic E-state index is 10.3. The molecule has 1 aromatic carbocycles. The first-order valence-corrected chi connectivity index (χ1v) is 8.50. The molecule has 1 heterocycles. The van der Waals surface area contributed by atoms with Gasteiger partial charge < -0.3 is 9.84 Å². The minimum Gasteiger partial charge on any atom is -0.489 e. The molecule has 0 aliphatic carbocycles. The Hall–Kier alpha value is -1.04. The zero-order valence-electron chi connectivity index (χ0n) is 12.0. The number of aromatic nitrogens is 1. The molecule has 5 heteroatoms. The van der Waals surface area contributed by atoms with E-state index in [1.54, 1.807) is 24.2 Å². The van der Waals surface area contributed by atoms with Gasteiger partial charge in [-0.25, -0.2) is 0 Å². The fourth-order valence-corrected chi connectivity index (χ4v) is 2.89. The molecule has 1 aromatic heterocycles. The van der Waals surface area contributed by atoms with Gasteiger partial charge in [0, 0.05) is 26.9 Å². The molecule has 3 nitrogen and oxygen atoms in total. The van der Waals surface area contributed by atoms with Crippen LogP contribution in [0, 0.1) is 0 Å². The summed E-state index contributed by atoms with van der Waals surface area (Å²) in [5.74, 6) is 1.27. The van der Waals surface area contributed by atoms with E-state index in [1.165, 1.54) is 0 Å². The Kier molecular flexibility index (Phi) is 6.08. The maximum Gasteiger partial charge on any atom is 0.138 e. The van der Waals surface area contributed by atoms with Gasteiger partial charge in [0.2, 0.25) is 0 Å². The van der Waals surface area contributed by atoms with Gasteiger partial charge in [0.1, 0.15) is 5.75 Å². The lowest BCUT2D eigenvalue weighted by Crippen LogP contribution is -2.07. The molecule has 0 aliphatic rings. The van der Waals surface area contributed by atoms with E-state index >= 15 is 0 Å². The zero-order valence-corrected chi connectivity index (χ0v) is 14.4. The van der Waals surface area contributed by atoms with E-state index in [2.05, 4.69) is 20.9 Å². The van der Waals surface area contributed by atoms with Gasteiger partial charge in [0.15, 0.2) is 0 Å². The number of aliphatic hydroxyl groups is 1. The minimum absolute atomic E-state index is 0.0938. The van der Waals surface area contributed by atoms with Crippen LogP contribution < -0.4 is 4.74 Å². The third kappa shape index (κ3) is 5.34. The number of pyridine rings is 1. The van der Waals surface area contributed by atoms with Crippen molar-refractivity contribution in [1.82, 2.24) is 4.98 Å². The summed E-state index contributed by atoms with van der Waals surface area (Å²) in [4.78, 5) is 5.25. The van der Waals surface area contributed by atoms with Crippen LogP contribution in [0.5, 0.6) is 5.75 Å². The molecule has 0 fully saturated rings. The molecule has 1 N–H and O–H groups in total. The van der Waals surface area contributed by atoms with Crippen molar-refractivity contribution >= 4 is 27.7 Å². The number of thioether (sulfide) groups is 1. The van der Waals surface area contributed by atoms with E-state index in [4.69, 9.17) is 4.74 Å². The fourth-order valence-electron chi connectivity index (χ4n) is 1.76. The summed E-state index contributed by atoms with van der Waals surface area (Å²) >= 11 is 5.02. The van der Waals surface area contributed by atoms with Crippen molar-refractivity contribution in [3.63, 3.8) is 0 Å². The summed E-state index contributed by atoms with van der Waals surface area (Å²) in [5, 5.41) is 10.3. The van der Waals surface area contributed by atoms with Gasteiger partial charge in [-0.15, -0.1) is 11.8 Å². The first-order valence-electron chi connectivity index (χ1n) is 6.72. The molecule has 0 saturated carbocycles. The highest BCUT2D eigenvalue weighted by atomic mass is 79.9. The molecule has 21 heavy (non-hydrogen) atoms. The number of hydrogen-bond acceptors (Lipinski definition) is 4. The third-order valence-corrected chi connectivity index (χ3v) is 4.33. The predicted octanol–water partition coefficient (Wildman–Crippen LogP) is 4.46. The normalized spacial score (nSPS) is 12.4. The Morgan fingerprint density at radius 3 is 2.62 bits per heavy atom. The second-order valence-electron chi connectivity index (χ2n) is 4.90. The van der Waals surface area contributed by atoms with Crippen LogP contribution in [0.4, 0.5) is 0 Å². The summed E-state index contributed by atoms with van der Waals surface area (Å²) in [7, 11) is 0. The zero-order chi connectivity index (χ0) is 15.2. The van der Waals surface area contributed by atoms with Gasteiger partial charge in [-0.2, -0.15) is 0 Å². The Morgan fingerprint density at radius 1 is 1.24 bits per heavy atom. The van der Waals surface area contributed by atoms with Crippen molar-refractivity contribution < 1.29 is 9.84 Å². The van der Waals surface area contributed by atoms with Crippen LogP contribution in [-0.2, 0) is 0 Å². The molecule has 0 amide bonds. The van der Waals surface area contributed by atoms with Crippen LogP contribution in [0.2, 0.25) is 0 Å². The first-order chi connectivity index (χ1) is 10.0. The topological polar surface area (TPSA) is 42.4 Å². The quantitative estimate of drug-likeness (QED) is 0.765. The lowest BCUT2D eigenvalue weighted by atomic mass is 10.2. The molecule has 0 aliphatic heterocycles. The molecule has 0 bridgehead atoms. The van der Waals surface area contributed by atoms with Crippen LogP contribution >= 0.6 is 27.7 Å². The van der Waals surface area contributed by atoms with E-state index < -0.39 is 6.10 Å². The molecule has 0 radical (unpaired) electrons. The van der Waals surface area contributed by atoms with E-state index in [0.717, 1.165) is 14.9 Å². The Balaban J connectivity index is 1.96. The van der Waals surface area contributed by atoms with Crippen molar-refractivity contribution in [3.8, 4) is 5.75 Å². The average molecular weight is 368 g/mol. The predicted molar refractivity (Wildman–Crippen MR) is 89.8 cm³/mol. The lowest BCUT2D eigenvalue weighted by Gasteiger charge is -2.13. The van der Waals surface area contributed by atoms with E-state index in [9.17, 15) is 5.11 Å². The highest BCUT2D eigenvalue weighted by Gasteiger charge is 2.10. The lowest BCUT2D eigenvalue weighted by molar-refractivity contribution is 0.201. The van der Waals surface area contributed by atoms with Crippen LogP contribution in [0.25, 0.3) is 0 Å². The number of aliphatic hydroxyl groups excluding tert-OH is 1. The number of nitrogens with zero attached hydrogens (tertiary/aromatic N) is 1. The van der Waals surface area contributed by atoms with Gasteiger partial charge in [-0.05, 0) is 44.2 Å². The van der Waals surface area contributed by atoms with Crippen molar-refractivity contribution in [2.24, 2.45) is 0 Å². The highest BCUT2D eigenvalue weighted by Crippen LogP contribution is 2.27. The monoisotopic (exact) mass is 367 g/mol. The van der Waals surface area contributed by atoms with Crippen molar-refractivity contribution in [3.05, 3.63) is 52.8 Å². The number of benzene rings is 1. The second-order valence-corrected chi connectivity index (χ2v) is 6.91. The molecule has 1 unspecified atom stereocenters. The Bertz CT molecular complexity index is 575. The number of rotatable bonds is 6. The number of halogens is 1. The van der Waals surface area contributed by atoms with Crippen LogP contribution in [0.3, 0.4) is 0 Å². The molecule has 112 valence electrons. The summed E-state index contributed by atoms with van der Waals surface area (Å²) in [6.07, 6.45) is 2.87. The number of hydrogen-bond donors (Lipinski definition) is 1. The molecule has 2 aromatic rings. The standard InChI is InChI=1S/C16H18BrNO2S/c1-11(2)20-14-7-12(8-18-9-14)16(19)10-21-15-5-3-13(17)4-6-15/h3-9,11,16,19H,10H2,1-2H3. The van der Waals surface area contributed by atoms with Crippen molar-refractivity contribution in [1.29, 1.82) is 0 Å². The van der Waals surface area contributed by atoms with Gasteiger partial charge >= 0.3 is 0 Å². The molecular formula is C16H18BrNO2S. The highest BCUT2D eigenvalue weighted by molar-refractivity contribution is 9.10.